The molecule has 0 aromatic rings. The minimum atomic E-state index is -0.746. The molecule has 6 nitrogen and oxygen atoms in total. The number of piperidine rings is 1. The van der Waals surface area contributed by atoms with Crippen molar-refractivity contribution < 1.29 is 18.9 Å². The lowest BCUT2D eigenvalue weighted by Gasteiger charge is -2.33. The number of rotatable bonds is 4. The van der Waals surface area contributed by atoms with Gasteiger partial charge in [0.25, 0.3) is 0 Å². The van der Waals surface area contributed by atoms with Crippen LogP contribution >= 0.6 is 0 Å². The Morgan fingerprint density at radius 3 is 2.33 bits per heavy atom. The number of nitrogens with one attached hydrogen (secondary N) is 1. The van der Waals surface area contributed by atoms with Crippen LogP contribution in [-0.2, 0) is 15.6 Å². The van der Waals surface area contributed by atoms with Gasteiger partial charge in [0, 0.05) is 47.9 Å². The van der Waals surface area contributed by atoms with Crippen molar-refractivity contribution in [1.82, 2.24) is 10.2 Å². The molecule has 2 N–H and O–H groups in total. The Kier molecular flexibility index (Phi) is 6.02. The first-order chi connectivity index (χ1) is 10.0. The van der Waals surface area contributed by atoms with Crippen molar-refractivity contribution in [3.63, 3.8) is 0 Å². The van der Waals surface area contributed by atoms with Gasteiger partial charge in [0.15, 0.2) is 0 Å². The summed E-state index contributed by atoms with van der Waals surface area (Å²) in [6.45, 7) is 1.41. The van der Waals surface area contributed by atoms with Gasteiger partial charge in [-0.25, -0.2) is 4.79 Å². The second-order valence-corrected chi connectivity index (χ2v) is 7.63. The van der Waals surface area contributed by atoms with Crippen LogP contribution in [0.15, 0.2) is 0 Å². The van der Waals surface area contributed by atoms with E-state index in [1.54, 1.807) is 0 Å². The molecule has 0 unspecified atom stereocenters. The van der Waals surface area contributed by atoms with Gasteiger partial charge in [0.2, 0.25) is 0 Å². The van der Waals surface area contributed by atoms with E-state index in [4.69, 9.17) is 5.11 Å². The predicted octanol–water partition coefficient (Wildman–Crippen LogP) is 1.18. The number of carbonyl (C=O) groups excluding carboxylic acids is 1. The van der Waals surface area contributed by atoms with E-state index in [0.717, 1.165) is 25.7 Å². The lowest BCUT2D eigenvalue weighted by atomic mass is 9.92. The number of hydrogen-bond donors (Lipinski definition) is 2. The van der Waals surface area contributed by atoms with Crippen LogP contribution in [0.1, 0.15) is 38.5 Å². The molecule has 0 aromatic heterocycles. The van der Waals surface area contributed by atoms with Crippen LogP contribution in [0.25, 0.3) is 0 Å². The molecule has 0 aliphatic carbocycles. The van der Waals surface area contributed by atoms with Gasteiger partial charge in [-0.15, -0.1) is 0 Å². The fourth-order valence-corrected chi connectivity index (χ4v) is 4.26. The maximum atomic E-state index is 12.2. The molecule has 0 aromatic carbocycles. The quantitative estimate of drug-likeness (QED) is 0.815. The molecule has 2 saturated heterocycles. The Labute approximate surface area is 127 Å². The molecule has 2 heterocycles. The summed E-state index contributed by atoms with van der Waals surface area (Å²) in [6.07, 6.45) is 4.29. The van der Waals surface area contributed by atoms with E-state index >= 15 is 0 Å². The summed E-state index contributed by atoms with van der Waals surface area (Å²) in [6, 6.07) is 0.129. The first kappa shape index (κ1) is 16.3. The SMILES string of the molecule is O=C(O)CCC1CCN(C(=O)NC2CCS(=O)CC2)CC1. The number of nitrogens with zero attached hydrogens (tertiary/aromatic N) is 1. The summed E-state index contributed by atoms with van der Waals surface area (Å²) < 4.78 is 11.3. The molecule has 0 bridgehead atoms. The number of carbonyl (C=O) groups is 2. The van der Waals surface area contributed by atoms with Crippen molar-refractivity contribution in [2.45, 2.75) is 44.6 Å². The van der Waals surface area contributed by atoms with Crippen molar-refractivity contribution >= 4 is 22.8 Å². The van der Waals surface area contributed by atoms with Crippen molar-refractivity contribution in [2.75, 3.05) is 24.6 Å². The fourth-order valence-electron chi connectivity index (χ4n) is 2.96. The Morgan fingerprint density at radius 1 is 1.14 bits per heavy atom. The maximum absolute atomic E-state index is 12.2. The summed E-state index contributed by atoms with van der Waals surface area (Å²) in [5, 5.41) is 11.7. The minimum absolute atomic E-state index is 0.0237. The van der Waals surface area contributed by atoms with Crippen molar-refractivity contribution in [2.24, 2.45) is 5.92 Å². The summed E-state index contributed by atoms with van der Waals surface area (Å²) in [5.41, 5.74) is 0. The van der Waals surface area contributed by atoms with E-state index in [0.29, 0.717) is 36.9 Å². The Balaban J connectivity index is 1.68. The zero-order valence-corrected chi connectivity index (χ0v) is 13.1. The van der Waals surface area contributed by atoms with Gasteiger partial charge in [0.1, 0.15) is 0 Å². The first-order valence-corrected chi connectivity index (χ1v) is 9.15. The number of amides is 2. The van der Waals surface area contributed by atoms with E-state index in [9.17, 15) is 13.8 Å². The molecule has 0 saturated carbocycles. The van der Waals surface area contributed by atoms with Crippen LogP contribution in [0.2, 0.25) is 0 Å². The molecular weight excluding hydrogens is 292 g/mol. The normalized spacial score (nSPS) is 27.3. The second kappa shape index (κ2) is 7.77. The molecule has 7 heteroatoms. The van der Waals surface area contributed by atoms with Crippen molar-refractivity contribution in [3.05, 3.63) is 0 Å². The molecule has 0 spiro atoms. The molecule has 2 rings (SSSR count). The summed E-state index contributed by atoms with van der Waals surface area (Å²) in [5.74, 6) is 1.04. The molecule has 2 aliphatic rings. The summed E-state index contributed by atoms with van der Waals surface area (Å²) >= 11 is 0. The van der Waals surface area contributed by atoms with Crippen LogP contribution in [0, 0.1) is 5.92 Å². The number of aliphatic carboxylic acids is 1. The minimum Gasteiger partial charge on any atom is -0.481 e. The second-order valence-electron chi connectivity index (χ2n) is 5.93. The van der Waals surface area contributed by atoms with Crippen LogP contribution in [-0.4, -0.2) is 56.9 Å². The lowest BCUT2D eigenvalue weighted by Crippen LogP contribution is -2.49. The molecule has 2 aliphatic heterocycles. The van der Waals surface area contributed by atoms with E-state index in [1.807, 2.05) is 4.90 Å². The summed E-state index contributed by atoms with van der Waals surface area (Å²) in [7, 11) is -0.704. The first-order valence-electron chi connectivity index (χ1n) is 7.67. The largest absolute Gasteiger partial charge is 0.481 e. The smallest absolute Gasteiger partial charge is 0.317 e. The average molecular weight is 316 g/mol. The van der Waals surface area contributed by atoms with Gasteiger partial charge < -0.3 is 15.3 Å². The van der Waals surface area contributed by atoms with E-state index in [2.05, 4.69) is 5.32 Å². The highest BCUT2D eigenvalue weighted by atomic mass is 32.2. The van der Waals surface area contributed by atoms with E-state index in [-0.39, 0.29) is 18.5 Å². The topological polar surface area (TPSA) is 86.7 Å². The van der Waals surface area contributed by atoms with Gasteiger partial charge in [-0.2, -0.15) is 0 Å². The van der Waals surface area contributed by atoms with Crippen LogP contribution in [0.5, 0.6) is 0 Å². The molecule has 21 heavy (non-hydrogen) atoms. The third kappa shape index (κ3) is 5.30. The number of carboxylic acid groups (broad SMARTS) is 1. The van der Waals surface area contributed by atoms with Gasteiger partial charge in [-0.05, 0) is 38.0 Å². The molecule has 2 amide bonds. The number of carboxylic acids is 1. The summed E-state index contributed by atoms with van der Waals surface area (Å²) in [4.78, 5) is 24.6. The number of hydrogen-bond acceptors (Lipinski definition) is 3. The highest BCUT2D eigenvalue weighted by molar-refractivity contribution is 7.85. The van der Waals surface area contributed by atoms with Gasteiger partial charge in [0.05, 0.1) is 0 Å². The maximum Gasteiger partial charge on any atom is 0.317 e. The molecule has 2 fully saturated rings. The standard InChI is InChI=1S/C14H24N2O4S/c17-13(18)2-1-11-3-7-16(8-4-11)14(19)15-12-5-9-21(20)10-6-12/h11-12H,1-10H2,(H,15,19)(H,17,18). The number of urea groups is 1. The molecular formula is C14H24N2O4S. The van der Waals surface area contributed by atoms with Crippen LogP contribution in [0.4, 0.5) is 4.79 Å². The van der Waals surface area contributed by atoms with Crippen LogP contribution in [0.3, 0.4) is 0 Å². The van der Waals surface area contributed by atoms with Crippen LogP contribution < -0.4 is 5.32 Å². The Bertz CT molecular complexity index is 398. The molecule has 120 valence electrons. The fraction of sp³-hybridized carbons (Fsp3) is 0.857. The van der Waals surface area contributed by atoms with Crippen molar-refractivity contribution in [1.29, 1.82) is 0 Å². The predicted molar refractivity (Wildman–Crippen MR) is 80.6 cm³/mol. The van der Waals surface area contributed by atoms with Crippen molar-refractivity contribution in [3.8, 4) is 0 Å². The van der Waals surface area contributed by atoms with E-state index < -0.39 is 16.8 Å². The van der Waals surface area contributed by atoms with Gasteiger partial charge >= 0.3 is 12.0 Å². The zero-order chi connectivity index (χ0) is 15.2. The Hall–Kier alpha value is -1.11. The van der Waals surface area contributed by atoms with Gasteiger partial charge in [-0.1, -0.05) is 0 Å². The highest BCUT2D eigenvalue weighted by Crippen LogP contribution is 2.22. The van der Waals surface area contributed by atoms with Gasteiger partial charge in [-0.3, -0.25) is 9.00 Å². The lowest BCUT2D eigenvalue weighted by molar-refractivity contribution is -0.137. The average Bonchev–Trinajstić information content (AvgIpc) is 2.48. The Morgan fingerprint density at radius 2 is 1.76 bits per heavy atom. The molecule has 0 radical (unpaired) electrons. The van der Waals surface area contributed by atoms with E-state index in [1.165, 1.54) is 0 Å². The highest BCUT2D eigenvalue weighted by Gasteiger charge is 2.26. The third-order valence-electron chi connectivity index (χ3n) is 4.38. The molecule has 0 atom stereocenters. The monoisotopic (exact) mass is 316 g/mol. The zero-order valence-electron chi connectivity index (χ0n) is 12.3. The number of likely N-dealkylation sites (tertiary alicyclic amines) is 1. The third-order valence-corrected chi connectivity index (χ3v) is 5.77.